The first-order valence-corrected chi connectivity index (χ1v) is 8.92. The van der Waals surface area contributed by atoms with E-state index in [1.807, 2.05) is 13.0 Å². The first-order chi connectivity index (χ1) is 11.7. The van der Waals surface area contributed by atoms with Crippen molar-refractivity contribution in [2.45, 2.75) is 32.2 Å². The number of aromatic amines is 1. The number of aromatic nitrogens is 4. The Hall–Kier alpha value is -2.12. The fraction of sp³-hybridized carbons (Fsp3) is 0.412. The van der Waals surface area contributed by atoms with Gasteiger partial charge in [-0.05, 0) is 44.0 Å². The Balaban J connectivity index is 1.50. The lowest BCUT2D eigenvalue weighted by Crippen LogP contribution is -2.34. The van der Waals surface area contributed by atoms with E-state index in [1.165, 1.54) is 17.3 Å². The van der Waals surface area contributed by atoms with Crippen molar-refractivity contribution in [2.75, 3.05) is 13.1 Å². The minimum absolute atomic E-state index is 0.0592. The molecule has 1 N–H and O–H groups in total. The van der Waals surface area contributed by atoms with Crippen LogP contribution in [-0.2, 0) is 6.54 Å². The van der Waals surface area contributed by atoms with Crippen LogP contribution >= 0.6 is 11.7 Å². The molecule has 2 aromatic heterocycles. The zero-order chi connectivity index (χ0) is 16.5. The molecule has 0 unspecified atom stereocenters. The Morgan fingerprint density at radius 3 is 3.04 bits per heavy atom. The molecule has 6 nitrogen and oxygen atoms in total. The molecule has 3 aromatic rings. The molecular formula is C17H19N5OS. The fourth-order valence-corrected chi connectivity index (χ4v) is 3.95. The van der Waals surface area contributed by atoms with Crippen LogP contribution in [0, 0.1) is 6.92 Å². The number of nitrogens with one attached hydrogen (secondary N) is 1. The van der Waals surface area contributed by atoms with Crippen molar-refractivity contribution >= 4 is 22.8 Å². The molecule has 1 saturated heterocycles. The predicted molar refractivity (Wildman–Crippen MR) is 94.3 cm³/mol. The van der Waals surface area contributed by atoms with Crippen LogP contribution in [0.1, 0.15) is 35.8 Å². The summed E-state index contributed by atoms with van der Waals surface area (Å²) in [4.78, 5) is 21.4. The molecule has 0 spiro atoms. The maximum Gasteiger partial charge on any atom is 0.251 e. The number of benzene rings is 1. The molecular weight excluding hydrogens is 322 g/mol. The normalized spacial score (nSPS) is 19.0. The average molecular weight is 341 g/mol. The SMILES string of the molecule is Cc1nc([C@H]2CCCN(Cc3ccc4nsnc4c3)C2)cc(=O)[nH]1. The lowest BCUT2D eigenvalue weighted by atomic mass is 9.94. The number of fused-ring (bicyclic) bond motifs is 1. The van der Waals surface area contributed by atoms with E-state index < -0.39 is 0 Å². The smallest absolute Gasteiger partial charge is 0.251 e. The van der Waals surface area contributed by atoms with Crippen molar-refractivity contribution < 1.29 is 0 Å². The number of H-pyrrole nitrogens is 1. The number of rotatable bonds is 3. The Morgan fingerprint density at radius 1 is 1.29 bits per heavy atom. The molecule has 1 fully saturated rings. The van der Waals surface area contributed by atoms with Crippen molar-refractivity contribution in [3.05, 3.63) is 51.7 Å². The van der Waals surface area contributed by atoms with E-state index in [0.717, 1.165) is 49.2 Å². The van der Waals surface area contributed by atoms with Gasteiger partial charge in [0, 0.05) is 25.1 Å². The summed E-state index contributed by atoms with van der Waals surface area (Å²) in [5.74, 6) is 1.01. The molecule has 7 heteroatoms. The zero-order valence-corrected chi connectivity index (χ0v) is 14.3. The summed E-state index contributed by atoms with van der Waals surface area (Å²) >= 11 is 1.25. The van der Waals surface area contributed by atoms with Gasteiger partial charge in [0.15, 0.2) is 0 Å². The molecule has 1 aliphatic heterocycles. The van der Waals surface area contributed by atoms with Gasteiger partial charge in [-0.2, -0.15) is 8.75 Å². The van der Waals surface area contributed by atoms with Crippen molar-refractivity contribution in [1.82, 2.24) is 23.6 Å². The van der Waals surface area contributed by atoms with E-state index in [0.29, 0.717) is 11.7 Å². The van der Waals surface area contributed by atoms with Gasteiger partial charge in [-0.15, -0.1) is 0 Å². The molecule has 1 aliphatic rings. The third-order valence-electron chi connectivity index (χ3n) is 4.53. The van der Waals surface area contributed by atoms with Gasteiger partial charge in [0.05, 0.1) is 17.4 Å². The maximum absolute atomic E-state index is 11.7. The van der Waals surface area contributed by atoms with Gasteiger partial charge in [0.25, 0.3) is 5.56 Å². The molecule has 0 radical (unpaired) electrons. The summed E-state index contributed by atoms with van der Waals surface area (Å²) in [6, 6.07) is 7.94. The van der Waals surface area contributed by atoms with Crippen LogP contribution in [0.4, 0.5) is 0 Å². The number of hydrogen-bond acceptors (Lipinski definition) is 6. The Labute approximate surface area is 143 Å². The van der Waals surface area contributed by atoms with Gasteiger partial charge in [-0.25, -0.2) is 4.98 Å². The van der Waals surface area contributed by atoms with E-state index in [-0.39, 0.29) is 5.56 Å². The molecule has 0 saturated carbocycles. The minimum Gasteiger partial charge on any atom is -0.311 e. The van der Waals surface area contributed by atoms with E-state index >= 15 is 0 Å². The lowest BCUT2D eigenvalue weighted by molar-refractivity contribution is 0.198. The zero-order valence-electron chi connectivity index (χ0n) is 13.5. The summed E-state index contributed by atoms with van der Waals surface area (Å²) in [7, 11) is 0. The van der Waals surface area contributed by atoms with Crippen molar-refractivity contribution in [3.8, 4) is 0 Å². The second-order valence-electron chi connectivity index (χ2n) is 6.42. The van der Waals surface area contributed by atoms with Crippen LogP contribution in [0.2, 0.25) is 0 Å². The molecule has 0 amide bonds. The summed E-state index contributed by atoms with van der Waals surface area (Å²) in [5, 5.41) is 0. The minimum atomic E-state index is -0.0592. The van der Waals surface area contributed by atoms with E-state index in [1.54, 1.807) is 6.07 Å². The average Bonchev–Trinajstić information content (AvgIpc) is 3.02. The number of aryl methyl sites for hydroxylation is 1. The van der Waals surface area contributed by atoms with Crippen LogP contribution in [0.3, 0.4) is 0 Å². The van der Waals surface area contributed by atoms with Gasteiger partial charge in [-0.3, -0.25) is 9.69 Å². The summed E-state index contributed by atoms with van der Waals surface area (Å²) in [6.45, 7) is 4.74. The first kappa shape index (κ1) is 15.4. The van der Waals surface area contributed by atoms with Gasteiger partial charge in [0.2, 0.25) is 0 Å². The van der Waals surface area contributed by atoms with Crippen LogP contribution in [0.15, 0.2) is 29.1 Å². The van der Waals surface area contributed by atoms with Crippen LogP contribution < -0.4 is 5.56 Å². The highest BCUT2D eigenvalue weighted by Gasteiger charge is 2.23. The molecule has 1 aromatic carbocycles. The van der Waals surface area contributed by atoms with Gasteiger partial charge >= 0.3 is 0 Å². The standard InChI is InChI=1S/C17H19N5OS/c1-11-18-15(8-17(23)19-11)13-3-2-6-22(10-13)9-12-4-5-14-16(7-12)21-24-20-14/h4-5,7-8,13H,2-3,6,9-10H2,1H3,(H,18,19,23)/t13-/m0/s1. The highest BCUT2D eigenvalue weighted by atomic mass is 32.1. The largest absolute Gasteiger partial charge is 0.311 e. The number of hydrogen-bond donors (Lipinski definition) is 1. The summed E-state index contributed by atoms with van der Waals surface area (Å²) in [5.41, 5.74) is 4.04. The fourth-order valence-electron chi connectivity index (χ4n) is 3.44. The predicted octanol–water partition coefficient (Wildman–Crippen LogP) is 2.46. The quantitative estimate of drug-likeness (QED) is 0.792. The number of nitrogens with zero attached hydrogens (tertiary/aromatic N) is 4. The van der Waals surface area contributed by atoms with E-state index in [2.05, 4.69) is 35.7 Å². The molecule has 3 heterocycles. The Kier molecular flexibility index (Phi) is 4.12. The monoisotopic (exact) mass is 341 g/mol. The Bertz CT molecular complexity index is 918. The molecule has 24 heavy (non-hydrogen) atoms. The lowest BCUT2D eigenvalue weighted by Gasteiger charge is -2.32. The molecule has 0 bridgehead atoms. The highest BCUT2D eigenvalue weighted by Crippen LogP contribution is 2.26. The number of likely N-dealkylation sites (tertiary alicyclic amines) is 1. The van der Waals surface area contributed by atoms with Crippen molar-refractivity contribution in [1.29, 1.82) is 0 Å². The first-order valence-electron chi connectivity index (χ1n) is 8.19. The van der Waals surface area contributed by atoms with Gasteiger partial charge in [-0.1, -0.05) is 6.07 Å². The third kappa shape index (κ3) is 3.22. The van der Waals surface area contributed by atoms with E-state index in [9.17, 15) is 4.79 Å². The van der Waals surface area contributed by atoms with Gasteiger partial charge < -0.3 is 4.98 Å². The van der Waals surface area contributed by atoms with Crippen molar-refractivity contribution in [2.24, 2.45) is 0 Å². The molecule has 1 atom stereocenters. The van der Waals surface area contributed by atoms with Crippen molar-refractivity contribution in [3.63, 3.8) is 0 Å². The molecule has 124 valence electrons. The molecule has 4 rings (SSSR count). The third-order valence-corrected chi connectivity index (χ3v) is 5.08. The van der Waals surface area contributed by atoms with Crippen LogP contribution in [0.25, 0.3) is 11.0 Å². The maximum atomic E-state index is 11.7. The second kappa shape index (κ2) is 6.41. The Morgan fingerprint density at radius 2 is 2.17 bits per heavy atom. The molecule has 0 aliphatic carbocycles. The highest BCUT2D eigenvalue weighted by molar-refractivity contribution is 7.00. The van der Waals surface area contributed by atoms with E-state index in [4.69, 9.17) is 0 Å². The summed E-state index contributed by atoms with van der Waals surface area (Å²) < 4.78 is 8.57. The van der Waals surface area contributed by atoms with Crippen LogP contribution in [0.5, 0.6) is 0 Å². The number of piperidine rings is 1. The second-order valence-corrected chi connectivity index (χ2v) is 6.95. The topological polar surface area (TPSA) is 74.8 Å². The van der Waals surface area contributed by atoms with Crippen LogP contribution in [-0.4, -0.2) is 36.7 Å². The summed E-state index contributed by atoms with van der Waals surface area (Å²) in [6.07, 6.45) is 2.21. The van der Waals surface area contributed by atoms with Gasteiger partial charge in [0.1, 0.15) is 16.9 Å².